The molecule has 0 radical (unpaired) electrons. The zero-order chi connectivity index (χ0) is 28.8. The van der Waals surface area contributed by atoms with Gasteiger partial charge in [-0.2, -0.15) is 4.98 Å². The van der Waals surface area contributed by atoms with Crippen LogP contribution in [0.5, 0.6) is 0 Å². The van der Waals surface area contributed by atoms with Gasteiger partial charge in [0, 0.05) is 19.5 Å². The van der Waals surface area contributed by atoms with Crippen LogP contribution < -0.4 is 4.90 Å². The highest BCUT2D eigenvalue weighted by Crippen LogP contribution is 2.44. The van der Waals surface area contributed by atoms with Crippen LogP contribution in [0.25, 0.3) is 0 Å². The van der Waals surface area contributed by atoms with Gasteiger partial charge >= 0.3 is 17.7 Å². The number of esters is 1. The summed E-state index contributed by atoms with van der Waals surface area (Å²) in [5, 5.41) is 12.5. The number of anilines is 1. The van der Waals surface area contributed by atoms with E-state index in [1.54, 1.807) is 4.90 Å². The van der Waals surface area contributed by atoms with E-state index in [9.17, 15) is 19.7 Å². The molecule has 2 bridgehead atoms. The molecule has 1 aliphatic carbocycles. The Hall–Kier alpha value is -3.47. The summed E-state index contributed by atoms with van der Waals surface area (Å²) in [6, 6.07) is 7.26. The number of ether oxygens (including phenoxy) is 2. The minimum atomic E-state index is -1.14. The van der Waals surface area contributed by atoms with Crippen molar-refractivity contribution in [3.63, 3.8) is 0 Å². The fourth-order valence-electron chi connectivity index (χ4n) is 6.55. The lowest BCUT2D eigenvalue weighted by Gasteiger charge is -2.41. The molecule has 214 valence electrons. The number of aromatic nitrogens is 2. The van der Waals surface area contributed by atoms with Crippen molar-refractivity contribution in [1.82, 2.24) is 14.9 Å². The van der Waals surface area contributed by atoms with Gasteiger partial charge in [-0.15, -0.1) is 0 Å². The smallest absolute Gasteiger partial charge is 0.410 e. The first-order valence-electron chi connectivity index (χ1n) is 13.6. The maximum atomic E-state index is 13.4. The SMILES string of the molecule is COC(=O)C1(Cc2nc(Cl)nc(N3C[C@H]4CC[C@@H](C3)N4C(=O)OC(C)(C)C)c2[N+](=O)[O-])CCCc2ccccc21. The molecule has 12 heteroatoms. The van der Waals surface area contributed by atoms with E-state index in [4.69, 9.17) is 21.1 Å². The standard InChI is InChI=1S/C28H34ClN5O6/c1-27(2,3)40-26(36)33-18-11-12-19(33)16-32(15-18)23-22(34(37)38)21(30-25(29)31-23)14-28(24(35)39-4)13-7-9-17-8-5-6-10-20(17)28/h5-6,8,10,18-19H,7,9,11-16H2,1-4H3/t18-,19+,28?. The van der Waals surface area contributed by atoms with Crippen molar-refractivity contribution in [2.75, 3.05) is 25.1 Å². The number of halogens is 1. The van der Waals surface area contributed by atoms with Crippen molar-refractivity contribution >= 4 is 35.2 Å². The molecule has 1 aromatic heterocycles. The highest BCUT2D eigenvalue weighted by atomic mass is 35.5. The van der Waals surface area contributed by atoms with Gasteiger partial charge in [0.2, 0.25) is 11.1 Å². The minimum Gasteiger partial charge on any atom is -0.468 e. The number of benzene rings is 1. The predicted octanol–water partition coefficient (Wildman–Crippen LogP) is 4.62. The lowest BCUT2D eigenvalue weighted by atomic mass is 9.67. The maximum absolute atomic E-state index is 13.4. The molecule has 1 amide bonds. The molecule has 40 heavy (non-hydrogen) atoms. The highest BCUT2D eigenvalue weighted by molar-refractivity contribution is 6.28. The maximum Gasteiger partial charge on any atom is 0.410 e. The van der Waals surface area contributed by atoms with Crippen LogP contribution in [0.1, 0.15) is 63.3 Å². The number of piperazine rings is 1. The number of amides is 1. The molecule has 3 heterocycles. The topological polar surface area (TPSA) is 128 Å². The number of hydrogen-bond donors (Lipinski definition) is 0. The lowest BCUT2D eigenvalue weighted by molar-refractivity contribution is -0.385. The van der Waals surface area contributed by atoms with Gasteiger partial charge in [0.05, 0.1) is 29.5 Å². The largest absolute Gasteiger partial charge is 0.468 e. The Balaban J connectivity index is 1.53. The van der Waals surface area contributed by atoms with Gasteiger partial charge in [0.25, 0.3) is 0 Å². The fraction of sp³-hybridized carbons (Fsp3) is 0.571. The van der Waals surface area contributed by atoms with Crippen LogP contribution in [0.3, 0.4) is 0 Å². The van der Waals surface area contributed by atoms with Crippen molar-refractivity contribution in [1.29, 1.82) is 0 Å². The van der Waals surface area contributed by atoms with Crippen molar-refractivity contribution in [2.45, 2.75) is 82.4 Å². The molecule has 1 aromatic carbocycles. The van der Waals surface area contributed by atoms with E-state index in [0.717, 1.165) is 36.8 Å². The number of fused-ring (bicyclic) bond motifs is 3. The highest BCUT2D eigenvalue weighted by Gasteiger charge is 2.49. The Morgan fingerprint density at radius 1 is 1.18 bits per heavy atom. The fourth-order valence-corrected chi connectivity index (χ4v) is 6.73. The molecular formula is C28H34ClN5O6. The van der Waals surface area contributed by atoms with Crippen LogP contribution in [0.2, 0.25) is 5.28 Å². The van der Waals surface area contributed by atoms with Crippen molar-refractivity contribution in [3.8, 4) is 0 Å². The summed E-state index contributed by atoms with van der Waals surface area (Å²) in [5.41, 5.74) is -0.156. The third kappa shape index (κ3) is 5.07. The third-order valence-electron chi connectivity index (χ3n) is 8.11. The summed E-state index contributed by atoms with van der Waals surface area (Å²) in [4.78, 5) is 50.6. The molecule has 5 rings (SSSR count). The van der Waals surface area contributed by atoms with Crippen LogP contribution in [-0.4, -0.2) is 69.7 Å². The average molecular weight is 572 g/mol. The Labute approximate surface area is 238 Å². The lowest BCUT2D eigenvalue weighted by Crippen LogP contribution is -2.57. The van der Waals surface area contributed by atoms with Gasteiger partial charge in [-0.05, 0) is 75.6 Å². The second kappa shape index (κ2) is 10.5. The number of aryl methyl sites for hydroxylation is 1. The van der Waals surface area contributed by atoms with E-state index < -0.39 is 21.9 Å². The Morgan fingerprint density at radius 2 is 1.85 bits per heavy atom. The molecular weight excluding hydrogens is 538 g/mol. The van der Waals surface area contributed by atoms with Crippen molar-refractivity contribution < 1.29 is 24.0 Å². The minimum absolute atomic E-state index is 0.0486. The Morgan fingerprint density at radius 3 is 2.48 bits per heavy atom. The van der Waals surface area contributed by atoms with E-state index in [1.807, 2.05) is 49.9 Å². The van der Waals surface area contributed by atoms with Crippen LogP contribution >= 0.6 is 11.6 Å². The van der Waals surface area contributed by atoms with Gasteiger partial charge in [-0.25, -0.2) is 9.78 Å². The Kier molecular flexibility index (Phi) is 7.37. The average Bonchev–Trinajstić information content (AvgIpc) is 3.16. The van der Waals surface area contributed by atoms with Crippen LogP contribution in [0, 0.1) is 10.1 Å². The van der Waals surface area contributed by atoms with E-state index in [-0.39, 0.29) is 47.1 Å². The molecule has 2 saturated heterocycles. The molecule has 0 N–H and O–H groups in total. The molecule has 3 aliphatic rings. The molecule has 11 nitrogen and oxygen atoms in total. The van der Waals surface area contributed by atoms with Gasteiger partial charge in [0.15, 0.2) is 0 Å². The number of rotatable bonds is 5. The zero-order valence-electron chi connectivity index (χ0n) is 23.2. The predicted molar refractivity (Wildman–Crippen MR) is 148 cm³/mol. The molecule has 2 aromatic rings. The third-order valence-corrected chi connectivity index (χ3v) is 8.28. The van der Waals surface area contributed by atoms with Crippen LogP contribution in [0.15, 0.2) is 24.3 Å². The van der Waals surface area contributed by atoms with E-state index in [0.29, 0.717) is 19.5 Å². The van der Waals surface area contributed by atoms with Crippen LogP contribution in [0.4, 0.5) is 16.3 Å². The number of hydrogen-bond acceptors (Lipinski definition) is 9. The second-order valence-electron chi connectivity index (χ2n) is 11.8. The first-order chi connectivity index (χ1) is 18.9. The first kappa shape index (κ1) is 28.1. The van der Waals surface area contributed by atoms with Crippen molar-refractivity contribution in [2.24, 2.45) is 0 Å². The van der Waals surface area contributed by atoms with Gasteiger partial charge in [0.1, 0.15) is 11.3 Å². The Bertz CT molecular complexity index is 1330. The second-order valence-corrected chi connectivity index (χ2v) is 12.1. The zero-order valence-corrected chi connectivity index (χ0v) is 23.9. The molecule has 1 unspecified atom stereocenters. The summed E-state index contributed by atoms with van der Waals surface area (Å²) < 4.78 is 10.9. The number of carbonyl (C=O) groups is 2. The molecule has 3 atom stereocenters. The van der Waals surface area contributed by atoms with Crippen LogP contribution in [-0.2, 0) is 32.5 Å². The number of methoxy groups -OCH3 is 1. The van der Waals surface area contributed by atoms with E-state index in [1.165, 1.54) is 7.11 Å². The van der Waals surface area contributed by atoms with Gasteiger partial charge in [-0.3, -0.25) is 19.8 Å². The molecule has 2 aliphatic heterocycles. The summed E-state index contributed by atoms with van der Waals surface area (Å²) in [5.74, 6) is -0.362. The van der Waals surface area contributed by atoms with E-state index in [2.05, 4.69) is 9.97 Å². The molecule has 2 fully saturated rings. The normalized spacial score (nSPS) is 23.9. The molecule has 0 saturated carbocycles. The van der Waals surface area contributed by atoms with Crippen molar-refractivity contribution in [3.05, 3.63) is 56.5 Å². The summed E-state index contributed by atoms with van der Waals surface area (Å²) in [6.07, 6.45) is 3.06. The summed E-state index contributed by atoms with van der Waals surface area (Å²) in [6.45, 7) is 6.15. The van der Waals surface area contributed by atoms with E-state index >= 15 is 0 Å². The van der Waals surface area contributed by atoms with Gasteiger partial charge < -0.3 is 14.4 Å². The number of carbonyl (C=O) groups excluding carboxylic acids is 2. The summed E-state index contributed by atoms with van der Waals surface area (Å²) in [7, 11) is 1.33. The monoisotopic (exact) mass is 571 g/mol. The quantitative estimate of drug-likeness (QED) is 0.218. The number of nitrogens with zero attached hydrogens (tertiary/aromatic N) is 5. The summed E-state index contributed by atoms with van der Waals surface area (Å²) >= 11 is 6.39. The van der Waals surface area contributed by atoms with Gasteiger partial charge in [-0.1, -0.05) is 24.3 Å². The molecule has 0 spiro atoms. The first-order valence-corrected chi connectivity index (χ1v) is 13.9. The number of nitro groups is 1.